The number of halogens is 1. The van der Waals surface area contributed by atoms with Crippen molar-refractivity contribution in [2.24, 2.45) is 0 Å². The van der Waals surface area contributed by atoms with E-state index in [-0.39, 0.29) is 5.97 Å². The number of hydrogen-bond donors (Lipinski definition) is 1. The predicted octanol–water partition coefficient (Wildman–Crippen LogP) is 2.02. The summed E-state index contributed by atoms with van der Waals surface area (Å²) in [5.74, 6) is -0.315. The van der Waals surface area contributed by atoms with E-state index in [1.54, 1.807) is 19.1 Å². The fourth-order valence-corrected chi connectivity index (χ4v) is 1.34. The number of esters is 1. The molecule has 1 N–H and O–H groups in total. The molecule has 0 amide bonds. The molecule has 0 aliphatic rings. The number of hydrogen-bond acceptors (Lipinski definition) is 4. The van der Waals surface area contributed by atoms with E-state index in [2.05, 4.69) is 15.0 Å². The highest BCUT2D eigenvalue weighted by Crippen LogP contribution is 2.16. The van der Waals surface area contributed by atoms with Crippen molar-refractivity contribution in [2.75, 3.05) is 12.4 Å². The average molecular weight is 229 g/mol. The molecule has 0 fully saturated rings. The van der Waals surface area contributed by atoms with Crippen LogP contribution in [0.15, 0.2) is 12.1 Å². The molecular formula is C10H13ClN2O2. The molecule has 1 aromatic heterocycles. The molecular weight excluding hydrogens is 216 g/mol. The fraction of sp³-hybridized carbons (Fsp3) is 0.400. The van der Waals surface area contributed by atoms with Gasteiger partial charge in [-0.05, 0) is 26.0 Å². The minimum atomic E-state index is -0.406. The predicted molar refractivity (Wildman–Crippen MR) is 59.1 cm³/mol. The van der Waals surface area contributed by atoms with Crippen molar-refractivity contribution in [3.63, 3.8) is 0 Å². The van der Waals surface area contributed by atoms with E-state index in [0.29, 0.717) is 5.15 Å². The lowest BCUT2D eigenvalue weighted by molar-refractivity contribution is -0.141. The van der Waals surface area contributed by atoms with E-state index in [4.69, 9.17) is 11.6 Å². The number of rotatable bonds is 3. The van der Waals surface area contributed by atoms with E-state index < -0.39 is 6.04 Å². The maximum absolute atomic E-state index is 11.2. The molecule has 0 saturated heterocycles. The molecule has 5 heteroatoms. The van der Waals surface area contributed by atoms with Gasteiger partial charge in [-0.15, -0.1) is 0 Å². The van der Waals surface area contributed by atoms with Crippen molar-refractivity contribution < 1.29 is 9.53 Å². The Bertz CT molecular complexity index is 368. The summed E-state index contributed by atoms with van der Waals surface area (Å²) in [7, 11) is 1.35. The zero-order valence-corrected chi connectivity index (χ0v) is 9.63. The number of anilines is 1. The summed E-state index contributed by atoms with van der Waals surface area (Å²) in [5, 5.41) is 3.43. The molecule has 0 radical (unpaired) electrons. The summed E-state index contributed by atoms with van der Waals surface area (Å²) in [6, 6.07) is 3.04. The first-order valence-corrected chi connectivity index (χ1v) is 4.90. The molecule has 1 rings (SSSR count). The van der Waals surface area contributed by atoms with Gasteiger partial charge < -0.3 is 10.1 Å². The van der Waals surface area contributed by atoms with Crippen LogP contribution >= 0.6 is 11.6 Å². The van der Waals surface area contributed by atoms with E-state index in [9.17, 15) is 4.79 Å². The van der Waals surface area contributed by atoms with E-state index in [1.807, 2.05) is 6.92 Å². The van der Waals surface area contributed by atoms with Crippen molar-refractivity contribution in [3.05, 3.63) is 23.0 Å². The first kappa shape index (κ1) is 11.8. The van der Waals surface area contributed by atoms with Crippen molar-refractivity contribution >= 4 is 23.3 Å². The number of carbonyl (C=O) groups is 1. The van der Waals surface area contributed by atoms with Crippen LogP contribution in [0.4, 0.5) is 5.69 Å². The Morgan fingerprint density at radius 3 is 2.80 bits per heavy atom. The summed E-state index contributed by atoms with van der Waals surface area (Å²) in [6.45, 7) is 3.54. The van der Waals surface area contributed by atoms with Gasteiger partial charge in [0, 0.05) is 0 Å². The smallest absolute Gasteiger partial charge is 0.327 e. The second kappa shape index (κ2) is 4.98. The number of ether oxygens (including phenoxy) is 1. The van der Waals surface area contributed by atoms with Crippen LogP contribution < -0.4 is 5.32 Å². The standard InChI is InChI=1S/C10H13ClN2O2/c1-6-8(4-5-9(11)13-6)12-7(2)10(14)15-3/h4-5,7,12H,1-3H3. The van der Waals surface area contributed by atoms with Gasteiger partial charge in [0.2, 0.25) is 0 Å². The number of methoxy groups -OCH3 is 1. The summed E-state index contributed by atoms with van der Waals surface area (Å²) < 4.78 is 4.60. The number of aromatic nitrogens is 1. The van der Waals surface area contributed by atoms with Crippen LogP contribution in [-0.4, -0.2) is 24.1 Å². The first-order valence-electron chi connectivity index (χ1n) is 4.52. The van der Waals surface area contributed by atoms with Crippen LogP contribution in [0.25, 0.3) is 0 Å². The van der Waals surface area contributed by atoms with Crippen molar-refractivity contribution in [1.29, 1.82) is 0 Å². The lowest BCUT2D eigenvalue weighted by atomic mass is 10.2. The maximum atomic E-state index is 11.2. The van der Waals surface area contributed by atoms with E-state index in [0.717, 1.165) is 11.4 Å². The lowest BCUT2D eigenvalue weighted by Gasteiger charge is -2.14. The van der Waals surface area contributed by atoms with Crippen LogP contribution in [0.3, 0.4) is 0 Å². The summed E-state index contributed by atoms with van der Waals surface area (Å²) in [5.41, 5.74) is 1.52. The van der Waals surface area contributed by atoms with Crippen LogP contribution in [0.5, 0.6) is 0 Å². The molecule has 82 valence electrons. The van der Waals surface area contributed by atoms with E-state index >= 15 is 0 Å². The fourth-order valence-electron chi connectivity index (χ4n) is 1.15. The van der Waals surface area contributed by atoms with Gasteiger partial charge in [-0.1, -0.05) is 11.6 Å². The number of nitrogens with one attached hydrogen (secondary N) is 1. The molecule has 0 aliphatic carbocycles. The molecule has 1 heterocycles. The summed E-state index contributed by atoms with van der Waals surface area (Å²) >= 11 is 5.71. The molecule has 1 aromatic rings. The molecule has 15 heavy (non-hydrogen) atoms. The average Bonchev–Trinajstić information content (AvgIpc) is 2.20. The topological polar surface area (TPSA) is 51.2 Å². The highest BCUT2D eigenvalue weighted by Gasteiger charge is 2.13. The summed E-state index contributed by atoms with van der Waals surface area (Å²) in [6.07, 6.45) is 0. The van der Waals surface area contributed by atoms with Gasteiger partial charge in [0.1, 0.15) is 11.2 Å². The largest absolute Gasteiger partial charge is 0.467 e. The molecule has 1 unspecified atom stereocenters. The Morgan fingerprint density at radius 1 is 1.60 bits per heavy atom. The van der Waals surface area contributed by atoms with Gasteiger partial charge in [0.05, 0.1) is 18.5 Å². The van der Waals surface area contributed by atoms with E-state index in [1.165, 1.54) is 7.11 Å². The number of nitrogens with zero attached hydrogens (tertiary/aromatic N) is 1. The minimum Gasteiger partial charge on any atom is -0.467 e. The van der Waals surface area contributed by atoms with Gasteiger partial charge in [0.25, 0.3) is 0 Å². The number of pyridine rings is 1. The molecule has 4 nitrogen and oxygen atoms in total. The molecule has 0 aromatic carbocycles. The minimum absolute atomic E-state index is 0.315. The molecule has 0 bridgehead atoms. The molecule has 0 spiro atoms. The highest BCUT2D eigenvalue weighted by atomic mass is 35.5. The quantitative estimate of drug-likeness (QED) is 0.635. The third-order valence-corrected chi connectivity index (χ3v) is 2.19. The van der Waals surface area contributed by atoms with Gasteiger partial charge in [-0.25, -0.2) is 9.78 Å². The van der Waals surface area contributed by atoms with Crippen molar-refractivity contribution in [3.8, 4) is 0 Å². The normalized spacial score (nSPS) is 12.0. The lowest BCUT2D eigenvalue weighted by Crippen LogP contribution is -2.27. The maximum Gasteiger partial charge on any atom is 0.327 e. The van der Waals surface area contributed by atoms with Crippen LogP contribution in [-0.2, 0) is 9.53 Å². The Morgan fingerprint density at radius 2 is 2.27 bits per heavy atom. The van der Waals surface area contributed by atoms with Gasteiger partial charge in [-0.2, -0.15) is 0 Å². The summed E-state index contributed by atoms with van der Waals surface area (Å²) in [4.78, 5) is 15.2. The highest BCUT2D eigenvalue weighted by molar-refractivity contribution is 6.29. The first-order chi connectivity index (χ1) is 7.04. The molecule has 1 atom stereocenters. The third kappa shape index (κ3) is 3.09. The number of aryl methyl sites for hydroxylation is 1. The van der Waals surface area contributed by atoms with Crippen LogP contribution in [0.1, 0.15) is 12.6 Å². The Hall–Kier alpha value is -1.29. The van der Waals surface area contributed by atoms with Gasteiger partial charge >= 0.3 is 5.97 Å². The zero-order valence-electron chi connectivity index (χ0n) is 8.87. The second-order valence-electron chi connectivity index (χ2n) is 3.16. The Balaban J connectivity index is 2.76. The Kier molecular flexibility index (Phi) is 3.91. The van der Waals surface area contributed by atoms with Crippen LogP contribution in [0.2, 0.25) is 5.15 Å². The SMILES string of the molecule is COC(=O)C(C)Nc1ccc(Cl)nc1C. The number of carbonyl (C=O) groups excluding carboxylic acids is 1. The monoisotopic (exact) mass is 228 g/mol. The molecule has 0 saturated carbocycles. The molecule has 0 aliphatic heterocycles. The zero-order chi connectivity index (χ0) is 11.4. The van der Waals surface area contributed by atoms with Crippen molar-refractivity contribution in [2.45, 2.75) is 19.9 Å². The van der Waals surface area contributed by atoms with Gasteiger partial charge in [0.15, 0.2) is 0 Å². The second-order valence-corrected chi connectivity index (χ2v) is 3.54. The Labute approximate surface area is 93.6 Å². The van der Waals surface area contributed by atoms with Gasteiger partial charge in [-0.3, -0.25) is 0 Å². The third-order valence-electron chi connectivity index (χ3n) is 1.98. The van der Waals surface area contributed by atoms with Crippen molar-refractivity contribution in [1.82, 2.24) is 4.98 Å². The van der Waals surface area contributed by atoms with Crippen LogP contribution in [0, 0.1) is 6.92 Å².